The van der Waals surface area contributed by atoms with Gasteiger partial charge < -0.3 is 9.88 Å². The third-order valence-corrected chi connectivity index (χ3v) is 5.06. The first kappa shape index (κ1) is 12.0. The van der Waals surface area contributed by atoms with Crippen LogP contribution in [-0.2, 0) is 0 Å². The summed E-state index contributed by atoms with van der Waals surface area (Å²) in [6.07, 6.45) is 8.19. The number of benzene rings is 1. The molecule has 2 fully saturated rings. The van der Waals surface area contributed by atoms with E-state index < -0.39 is 0 Å². The predicted octanol–water partition coefficient (Wildman–Crippen LogP) is 3.57. The van der Waals surface area contributed by atoms with Crippen LogP contribution in [0.2, 0.25) is 0 Å². The van der Waals surface area contributed by atoms with Crippen molar-refractivity contribution in [3.63, 3.8) is 0 Å². The summed E-state index contributed by atoms with van der Waals surface area (Å²) in [6, 6.07) is 8.54. The van der Waals surface area contributed by atoms with Crippen molar-refractivity contribution in [3.8, 4) is 0 Å². The maximum absolute atomic E-state index is 12.8. The highest BCUT2D eigenvalue weighted by Crippen LogP contribution is 2.37. The maximum atomic E-state index is 12.8. The van der Waals surface area contributed by atoms with Gasteiger partial charge in [-0.25, -0.2) is 0 Å². The van der Waals surface area contributed by atoms with Gasteiger partial charge in [-0.2, -0.15) is 0 Å². The molecule has 1 N–H and O–H groups in total. The minimum atomic E-state index is 0.220. The largest absolute Gasteiger partial charge is 0.361 e. The second-order valence-corrected chi connectivity index (χ2v) is 6.18. The van der Waals surface area contributed by atoms with Gasteiger partial charge in [0.2, 0.25) is 0 Å². The fourth-order valence-corrected chi connectivity index (χ4v) is 4.05. The molecule has 0 radical (unpaired) electrons. The highest BCUT2D eigenvalue weighted by atomic mass is 16.2. The zero-order chi connectivity index (χ0) is 13.5. The van der Waals surface area contributed by atoms with Crippen LogP contribution < -0.4 is 0 Å². The number of hydrogen-bond donors (Lipinski definition) is 1. The average molecular weight is 268 g/mol. The number of piperidine rings is 1. The number of aromatic amines is 1. The summed E-state index contributed by atoms with van der Waals surface area (Å²) < 4.78 is 0. The molecule has 2 aromatic rings. The van der Waals surface area contributed by atoms with Crippen LogP contribution in [-0.4, -0.2) is 28.4 Å². The highest BCUT2D eigenvalue weighted by Gasteiger charge is 2.37. The van der Waals surface area contributed by atoms with Crippen molar-refractivity contribution in [1.29, 1.82) is 0 Å². The van der Waals surface area contributed by atoms with Gasteiger partial charge in [0.05, 0.1) is 0 Å². The number of hydrogen-bond acceptors (Lipinski definition) is 1. The summed E-state index contributed by atoms with van der Waals surface area (Å²) >= 11 is 0. The lowest BCUT2D eigenvalue weighted by molar-refractivity contribution is 0.0548. The molecule has 2 heterocycles. The lowest BCUT2D eigenvalue weighted by Crippen LogP contribution is -2.46. The van der Waals surface area contributed by atoms with Crippen LogP contribution in [0.1, 0.15) is 42.5 Å². The van der Waals surface area contributed by atoms with Crippen molar-refractivity contribution in [2.45, 2.75) is 38.1 Å². The molecule has 1 aromatic carbocycles. The quantitative estimate of drug-likeness (QED) is 0.843. The normalized spacial score (nSPS) is 25.9. The van der Waals surface area contributed by atoms with Crippen molar-refractivity contribution >= 4 is 16.8 Å². The van der Waals surface area contributed by atoms with Crippen molar-refractivity contribution in [1.82, 2.24) is 9.88 Å². The topological polar surface area (TPSA) is 36.1 Å². The van der Waals surface area contributed by atoms with E-state index in [0.717, 1.165) is 30.0 Å². The monoisotopic (exact) mass is 268 g/mol. The highest BCUT2D eigenvalue weighted by molar-refractivity contribution is 5.98. The van der Waals surface area contributed by atoms with Crippen molar-refractivity contribution in [3.05, 3.63) is 36.0 Å². The summed E-state index contributed by atoms with van der Waals surface area (Å²) in [7, 11) is 0. The van der Waals surface area contributed by atoms with E-state index in [-0.39, 0.29) is 5.91 Å². The molecule has 104 valence electrons. The molecule has 1 saturated carbocycles. The molecule has 3 heteroatoms. The predicted molar refractivity (Wildman–Crippen MR) is 79.7 cm³/mol. The minimum absolute atomic E-state index is 0.220. The van der Waals surface area contributed by atoms with E-state index in [1.165, 1.54) is 31.1 Å². The fourth-order valence-electron chi connectivity index (χ4n) is 4.05. The van der Waals surface area contributed by atoms with Crippen molar-refractivity contribution in [2.75, 3.05) is 6.54 Å². The molecule has 4 rings (SSSR count). The molecule has 1 saturated heterocycles. The maximum Gasteiger partial charge on any atom is 0.254 e. The number of nitrogens with zero attached hydrogens (tertiary/aromatic N) is 1. The molecule has 0 bridgehead atoms. The molecular formula is C17H20N2O. The van der Waals surface area contributed by atoms with Crippen molar-refractivity contribution < 1.29 is 4.79 Å². The van der Waals surface area contributed by atoms with Crippen LogP contribution in [0.3, 0.4) is 0 Å². The number of H-pyrrole nitrogens is 1. The number of carbonyl (C=O) groups excluding carboxylic acids is 1. The van der Waals surface area contributed by atoms with Crippen LogP contribution in [0.5, 0.6) is 0 Å². The van der Waals surface area contributed by atoms with Crippen LogP contribution in [0.4, 0.5) is 0 Å². The van der Waals surface area contributed by atoms with E-state index in [1.807, 2.05) is 30.5 Å². The Kier molecular flexibility index (Phi) is 2.79. The lowest BCUT2D eigenvalue weighted by Gasteiger charge is -2.37. The van der Waals surface area contributed by atoms with Crippen LogP contribution in [0, 0.1) is 5.92 Å². The van der Waals surface area contributed by atoms with E-state index in [9.17, 15) is 4.79 Å². The molecule has 1 aromatic heterocycles. The molecular weight excluding hydrogens is 248 g/mol. The number of aromatic nitrogens is 1. The molecule has 2 atom stereocenters. The molecule has 1 aliphatic carbocycles. The molecule has 1 amide bonds. The summed E-state index contributed by atoms with van der Waals surface area (Å²) in [6.45, 7) is 0.933. The molecule has 20 heavy (non-hydrogen) atoms. The molecule has 2 unspecified atom stereocenters. The molecule has 3 nitrogen and oxygen atoms in total. The first-order chi connectivity index (χ1) is 9.83. The minimum Gasteiger partial charge on any atom is -0.361 e. The SMILES string of the molecule is O=C(c1ccc2cc[nH]c2c1)N1CCCC2CCCC21. The Hall–Kier alpha value is -1.77. The fraction of sp³-hybridized carbons (Fsp3) is 0.471. The first-order valence-corrected chi connectivity index (χ1v) is 7.71. The lowest BCUT2D eigenvalue weighted by atomic mass is 9.91. The molecule has 0 spiro atoms. The van der Waals surface area contributed by atoms with Gasteiger partial charge in [-0.15, -0.1) is 0 Å². The van der Waals surface area contributed by atoms with Crippen LogP contribution in [0.25, 0.3) is 10.9 Å². The number of amides is 1. The third kappa shape index (κ3) is 1.84. The second-order valence-electron chi connectivity index (χ2n) is 6.18. The zero-order valence-electron chi connectivity index (χ0n) is 11.6. The number of fused-ring (bicyclic) bond motifs is 2. The van der Waals surface area contributed by atoms with Gasteiger partial charge in [-0.3, -0.25) is 4.79 Å². The van der Waals surface area contributed by atoms with Gasteiger partial charge in [0.1, 0.15) is 0 Å². The summed E-state index contributed by atoms with van der Waals surface area (Å²) in [5.41, 5.74) is 1.88. The Labute approximate surface area is 119 Å². The Morgan fingerprint density at radius 3 is 3.00 bits per heavy atom. The van der Waals surface area contributed by atoms with Gasteiger partial charge in [0.15, 0.2) is 0 Å². The van der Waals surface area contributed by atoms with Gasteiger partial charge in [0.25, 0.3) is 5.91 Å². The summed E-state index contributed by atoms with van der Waals surface area (Å²) in [5, 5.41) is 1.17. The van der Waals surface area contributed by atoms with E-state index >= 15 is 0 Å². The van der Waals surface area contributed by atoms with Crippen LogP contribution in [0.15, 0.2) is 30.5 Å². The molecule has 1 aliphatic heterocycles. The second kappa shape index (κ2) is 4.65. The van der Waals surface area contributed by atoms with Gasteiger partial charge in [0, 0.05) is 29.9 Å². The zero-order valence-corrected chi connectivity index (χ0v) is 11.6. The summed E-state index contributed by atoms with van der Waals surface area (Å²) in [4.78, 5) is 18.2. The Bertz CT molecular complexity index is 645. The standard InChI is InChI=1S/C17H20N2O/c20-17(14-7-6-12-8-9-18-15(12)11-14)19-10-2-4-13-3-1-5-16(13)19/h6-9,11,13,16,18H,1-5,10H2. The van der Waals surface area contributed by atoms with E-state index in [2.05, 4.69) is 9.88 Å². The number of likely N-dealkylation sites (tertiary alicyclic amines) is 1. The van der Waals surface area contributed by atoms with Gasteiger partial charge in [-0.05, 0) is 55.2 Å². The Morgan fingerprint density at radius 2 is 2.05 bits per heavy atom. The summed E-state index contributed by atoms with van der Waals surface area (Å²) in [5.74, 6) is 0.972. The van der Waals surface area contributed by atoms with E-state index in [0.29, 0.717) is 6.04 Å². The average Bonchev–Trinajstić information content (AvgIpc) is 3.13. The number of carbonyl (C=O) groups is 1. The van der Waals surface area contributed by atoms with Crippen LogP contribution >= 0.6 is 0 Å². The van der Waals surface area contributed by atoms with Crippen molar-refractivity contribution in [2.24, 2.45) is 5.92 Å². The van der Waals surface area contributed by atoms with Gasteiger partial charge >= 0.3 is 0 Å². The first-order valence-electron chi connectivity index (χ1n) is 7.71. The smallest absolute Gasteiger partial charge is 0.254 e. The van der Waals surface area contributed by atoms with E-state index in [1.54, 1.807) is 0 Å². The Balaban J connectivity index is 1.65. The molecule has 2 aliphatic rings. The third-order valence-electron chi connectivity index (χ3n) is 5.06. The number of nitrogens with one attached hydrogen (secondary N) is 1. The number of rotatable bonds is 1. The Morgan fingerprint density at radius 1 is 1.15 bits per heavy atom. The van der Waals surface area contributed by atoms with Gasteiger partial charge in [-0.1, -0.05) is 12.5 Å². The van der Waals surface area contributed by atoms with E-state index in [4.69, 9.17) is 0 Å².